The van der Waals surface area contributed by atoms with Crippen molar-refractivity contribution in [1.82, 2.24) is 9.61 Å². The van der Waals surface area contributed by atoms with Crippen molar-refractivity contribution in [2.45, 2.75) is 19.8 Å². The fourth-order valence-corrected chi connectivity index (χ4v) is 3.20. The second kappa shape index (κ2) is 7.40. The predicted octanol–water partition coefficient (Wildman–Crippen LogP) is 2.00. The molecule has 0 saturated heterocycles. The minimum atomic E-state index is -3.56. The van der Waals surface area contributed by atoms with Gasteiger partial charge in [0.1, 0.15) is 5.56 Å². The number of alkyl halides is 1. The molecule has 0 bridgehead atoms. The summed E-state index contributed by atoms with van der Waals surface area (Å²) in [4.78, 5) is 11.8. The van der Waals surface area contributed by atoms with Crippen LogP contribution in [0.4, 0.5) is 10.1 Å². The largest absolute Gasteiger partial charge is 0.462 e. The van der Waals surface area contributed by atoms with Crippen molar-refractivity contribution in [2.24, 2.45) is 0 Å². The average molecular weight is 343 g/mol. The number of nitrogens with zero attached hydrogens (tertiary/aromatic N) is 2. The maximum absolute atomic E-state index is 12.0. The number of sulfonamides is 1. The van der Waals surface area contributed by atoms with Gasteiger partial charge in [0.2, 0.25) is 10.0 Å². The quantitative estimate of drug-likeness (QED) is 0.585. The molecule has 0 unspecified atom stereocenters. The number of carbonyl (C=O) groups is 1. The van der Waals surface area contributed by atoms with Crippen LogP contribution in [0.2, 0.25) is 0 Å². The van der Waals surface area contributed by atoms with Gasteiger partial charge >= 0.3 is 5.97 Å². The number of nitrogens with one attached hydrogen (secondary N) is 1. The third kappa shape index (κ3) is 4.41. The zero-order chi connectivity index (χ0) is 16.9. The van der Waals surface area contributed by atoms with E-state index in [0.717, 1.165) is 0 Å². The maximum Gasteiger partial charge on any atom is 0.341 e. The van der Waals surface area contributed by atoms with Gasteiger partial charge in [-0.3, -0.25) is 9.11 Å². The van der Waals surface area contributed by atoms with Gasteiger partial charge in [-0.1, -0.05) is 0 Å². The van der Waals surface area contributed by atoms with E-state index in [9.17, 15) is 17.6 Å². The first-order valence-electron chi connectivity index (χ1n) is 7.18. The fourth-order valence-electron chi connectivity index (χ4n) is 2.03. The molecule has 0 amide bonds. The van der Waals surface area contributed by atoms with Crippen molar-refractivity contribution < 1.29 is 22.3 Å². The van der Waals surface area contributed by atoms with Gasteiger partial charge in [-0.05, 0) is 31.9 Å². The third-order valence-corrected chi connectivity index (χ3v) is 4.46. The normalized spacial score (nSPS) is 11.6. The van der Waals surface area contributed by atoms with Gasteiger partial charge in [-0.2, -0.15) is 5.10 Å². The van der Waals surface area contributed by atoms with Crippen LogP contribution in [-0.4, -0.2) is 43.0 Å². The van der Waals surface area contributed by atoms with Crippen molar-refractivity contribution in [3.8, 4) is 0 Å². The lowest BCUT2D eigenvalue weighted by Crippen LogP contribution is -2.17. The third-order valence-electron chi connectivity index (χ3n) is 3.09. The minimum Gasteiger partial charge on any atom is -0.462 e. The Bertz CT molecular complexity index is 788. The topological polar surface area (TPSA) is 89.8 Å². The molecule has 0 aliphatic heterocycles. The van der Waals surface area contributed by atoms with Crippen LogP contribution in [-0.2, 0) is 14.8 Å². The molecule has 0 aromatic carbocycles. The molecule has 0 spiro atoms. The van der Waals surface area contributed by atoms with Crippen molar-refractivity contribution in [2.75, 3.05) is 23.8 Å². The number of fused-ring (bicyclic) bond motifs is 1. The molecule has 2 aromatic rings. The number of halogens is 1. The van der Waals surface area contributed by atoms with Crippen molar-refractivity contribution in [3.63, 3.8) is 0 Å². The fraction of sp³-hybridized carbons (Fsp3) is 0.429. The number of unbranched alkanes of at least 4 members (excludes halogenated alkanes) is 1. The van der Waals surface area contributed by atoms with Crippen LogP contribution in [0.3, 0.4) is 0 Å². The Hall–Kier alpha value is -2.16. The summed E-state index contributed by atoms with van der Waals surface area (Å²) in [6, 6.07) is 3.04. The second-order valence-electron chi connectivity index (χ2n) is 4.84. The van der Waals surface area contributed by atoms with Gasteiger partial charge in [0.05, 0.1) is 36.4 Å². The van der Waals surface area contributed by atoms with E-state index in [1.807, 2.05) is 0 Å². The number of hydrogen-bond acceptors (Lipinski definition) is 5. The minimum absolute atomic E-state index is 0.161. The highest BCUT2D eigenvalue weighted by molar-refractivity contribution is 7.92. The molecule has 1 N–H and O–H groups in total. The number of esters is 1. The van der Waals surface area contributed by atoms with Crippen molar-refractivity contribution in [1.29, 1.82) is 0 Å². The molecule has 23 heavy (non-hydrogen) atoms. The van der Waals surface area contributed by atoms with E-state index in [2.05, 4.69) is 9.82 Å². The molecule has 0 atom stereocenters. The van der Waals surface area contributed by atoms with Crippen LogP contribution in [0.5, 0.6) is 0 Å². The van der Waals surface area contributed by atoms with E-state index in [4.69, 9.17) is 4.74 Å². The molecule has 2 heterocycles. The molecular weight excluding hydrogens is 325 g/mol. The predicted molar refractivity (Wildman–Crippen MR) is 83.8 cm³/mol. The Morgan fingerprint density at radius 3 is 2.91 bits per heavy atom. The lowest BCUT2D eigenvalue weighted by Gasteiger charge is -2.08. The lowest BCUT2D eigenvalue weighted by atomic mass is 10.2. The van der Waals surface area contributed by atoms with Gasteiger partial charge < -0.3 is 4.74 Å². The van der Waals surface area contributed by atoms with Crippen LogP contribution in [0, 0.1) is 0 Å². The Balaban J connectivity index is 2.22. The maximum atomic E-state index is 12.0. The molecule has 0 radical (unpaired) electrons. The van der Waals surface area contributed by atoms with Crippen LogP contribution < -0.4 is 4.72 Å². The molecule has 0 saturated carbocycles. The highest BCUT2D eigenvalue weighted by Gasteiger charge is 2.16. The summed E-state index contributed by atoms with van der Waals surface area (Å²) < 4.78 is 44.7. The first-order chi connectivity index (χ1) is 11.0. The van der Waals surface area contributed by atoms with Crippen LogP contribution in [0.25, 0.3) is 5.52 Å². The van der Waals surface area contributed by atoms with Crippen LogP contribution in [0.15, 0.2) is 24.5 Å². The first-order valence-corrected chi connectivity index (χ1v) is 8.83. The van der Waals surface area contributed by atoms with Gasteiger partial charge in [0.15, 0.2) is 0 Å². The van der Waals surface area contributed by atoms with E-state index in [1.54, 1.807) is 6.92 Å². The highest BCUT2D eigenvalue weighted by Crippen LogP contribution is 2.18. The summed E-state index contributed by atoms with van der Waals surface area (Å²) in [7, 11) is -3.56. The van der Waals surface area contributed by atoms with E-state index < -0.39 is 22.7 Å². The molecule has 0 aliphatic carbocycles. The Labute approximate surface area is 133 Å². The molecule has 2 aromatic heterocycles. The van der Waals surface area contributed by atoms with E-state index in [-0.39, 0.29) is 30.8 Å². The summed E-state index contributed by atoms with van der Waals surface area (Å²) in [5.41, 5.74) is 1.00. The van der Waals surface area contributed by atoms with E-state index in [0.29, 0.717) is 11.2 Å². The number of aromatic nitrogens is 2. The smallest absolute Gasteiger partial charge is 0.341 e. The number of pyridine rings is 1. The molecule has 2 rings (SSSR count). The van der Waals surface area contributed by atoms with Crippen molar-refractivity contribution in [3.05, 3.63) is 30.1 Å². The molecule has 9 heteroatoms. The standard InChI is InChI=1S/C14H18FN3O4S/c1-2-22-14(19)12-10-16-18-7-5-11(9-13(12)18)17-23(20,21)8-4-3-6-15/h5,7,9-10,17H,2-4,6,8H2,1H3. The summed E-state index contributed by atoms with van der Waals surface area (Å²) in [5, 5.41) is 4.02. The molecule has 7 nitrogen and oxygen atoms in total. The molecular formula is C14H18FN3O4S. The van der Waals surface area contributed by atoms with Crippen molar-refractivity contribution >= 4 is 27.2 Å². The van der Waals surface area contributed by atoms with Crippen LogP contribution >= 0.6 is 0 Å². The second-order valence-corrected chi connectivity index (χ2v) is 6.68. The highest BCUT2D eigenvalue weighted by atomic mass is 32.2. The average Bonchev–Trinajstić information content (AvgIpc) is 2.90. The lowest BCUT2D eigenvalue weighted by molar-refractivity contribution is 0.0528. The monoisotopic (exact) mass is 343 g/mol. The Kier molecular flexibility index (Phi) is 5.54. The van der Waals surface area contributed by atoms with E-state index in [1.165, 1.54) is 29.0 Å². The first kappa shape index (κ1) is 17.2. The Morgan fingerprint density at radius 2 is 2.22 bits per heavy atom. The molecule has 0 aliphatic rings. The molecule has 0 fully saturated rings. The van der Waals surface area contributed by atoms with Gasteiger partial charge in [-0.25, -0.2) is 17.7 Å². The molecule has 126 valence electrons. The summed E-state index contributed by atoms with van der Waals surface area (Å²) in [6.45, 7) is 1.39. The summed E-state index contributed by atoms with van der Waals surface area (Å²) >= 11 is 0. The summed E-state index contributed by atoms with van der Waals surface area (Å²) in [5.74, 6) is -0.683. The SMILES string of the molecule is CCOC(=O)c1cnn2ccc(NS(=O)(=O)CCCCF)cc12. The van der Waals surface area contributed by atoms with Gasteiger partial charge in [0.25, 0.3) is 0 Å². The van der Waals surface area contributed by atoms with Crippen LogP contribution in [0.1, 0.15) is 30.1 Å². The zero-order valence-corrected chi connectivity index (χ0v) is 13.5. The Morgan fingerprint density at radius 1 is 1.43 bits per heavy atom. The number of ether oxygens (including phenoxy) is 1. The van der Waals surface area contributed by atoms with Gasteiger partial charge in [-0.15, -0.1) is 0 Å². The zero-order valence-electron chi connectivity index (χ0n) is 12.7. The number of hydrogen-bond donors (Lipinski definition) is 1. The summed E-state index contributed by atoms with van der Waals surface area (Å²) in [6.07, 6.45) is 3.36. The number of anilines is 1. The number of carbonyl (C=O) groups excluding carboxylic acids is 1. The van der Waals surface area contributed by atoms with Gasteiger partial charge in [0, 0.05) is 6.20 Å². The van der Waals surface area contributed by atoms with E-state index >= 15 is 0 Å². The number of rotatable bonds is 8.